The zero-order valence-electron chi connectivity index (χ0n) is 14.7. The minimum atomic E-state index is 0.457. The molecule has 2 rings (SSSR count). The summed E-state index contributed by atoms with van der Waals surface area (Å²) in [5.41, 5.74) is 1.35. The maximum Gasteiger partial charge on any atom is 0.119 e. The first-order chi connectivity index (χ1) is 11.3. The van der Waals surface area contributed by atoms with Gasteiger partial charge in [-0.05, 0) is 57.0 Å². The van der Waals surface area contributed by atoms with Crippen LogP contribution in [0.15, 0.2) is 24.3 Å². The van der Waals surface area contributed by atoms with Gasteiger partial charge >= 0.3 is 0 Å². The van der Waals surface area contributed by atoms with E-state index in [9.17, 15) is 0 Å². The lowest BCUT2D eigenvalue weighted by Gasteiger charge is -2.23. The molecule has 1 aliphatic rings. The third-order valence-electron chi connectivity index (χ3n) is 4.36. The summed E-state index contributed by atoms with van der Waals surface area (Å²) in [5.74, 6) is 0.955. The number of likely N-dealkylation sites (N-methyl/N-ethyl adjacent to an activating group) is 1. The van der Waals surface area contributed by atoms with Crippen molar-refractivity contribution >= 4 is 0 Å². The fraction of sp³-hybridized carbons (Fsp3) is 0.684. The van der Waals surface area contributed by atoms with Crippen molar-refractivity contribution in [3.8, 4) is 5.75 Å². The summed E-state index contributed by atoms with van der Waals surface area (Å²) in [4.78, 5) is 2.49. The van der Waals surface area contributed by atoms with Crippen LogP contribution in [0.2, 0.25) is 0 Å². The topological polar surface area (TPSA) is 33.7 Å². The van der Waals surface area contributed by atoms with Gasteiger partial charge in [-0.1, -0.05) is 19.1 Å². The average molecular weight is 320 g/mol. The molecule has 1 aromatic rings. The van der Waals surface area contributed by atoms with Gasteiger partial charge in [-0.2, -0.15) is 0 Å². The highest BCUT2D eigenvalue weighted by molar-refractivity contribution is 5.27. The summed E-state index contributed by atoms with van der Waals surface area (Å²) in [6.45, 7) is 11.2. The van der Waals surface area contributed by atoms with Crippen molar-refractivity contribution in [2.24, 2.45) is 0 Å². The Balaban J connectivity index is 1.57. The first kappa shape index (κ1) is 18.2. The highest BCUT2D eigenvalue weighted by atomic mass is 16.5. The van der Waals surface area contributed by atoms with Gasteiger partial charge in [-0.3, -0.25) is 4.90 Å². The Morgan fingerprint density at radius 2 is 2.04 bits per heavy atom. The molecule has 0 bridgehead atoms. The van der Waals surface area contributed by atoms with E-state index in [-0.39, 0.29) is 0 Å². The van der Waals surface area contributed by atoms with Crippen LogP contribution >= 0.6 is 0 Å². The van der Waals surface area contributed by atoms with Gasteiger partial charge < -0.3 is 14.8 Å². The smallest absolute Gasteiger partial charge is 0.119 e. The van der Waals surface area contributed by atoms with E-state index >= 15 is 0 Å². The minimum Gasteiger partial charge on any atom is -0.494 e. The van der Waals surface area contributed by atoms with Crippen molar-refractivity contribution in [2.75, 3.05) is 45.9 Å². The van der Waals surface area contributed by atoms with E-state index in [0.717, 1.165) is 58.1 Å². The Morgan fingerprint density at radius 1 is 1.22 bits per heavy atom. The Labute approximate surface area is 141 Å². The molecule has 1 heterocycles. The molecule has 0 aliphatic carbocycles. The second-order valence-electron chi connectivity index (χ2n) is 6.11. The number of ether oxygens (including phenoxy) is 2. The molecule has 1 saturated heterocycles. The molecule has 1 aliphatic heterocycles. The van der Waals surface area contributed by atoms with Crippen LogP contribution in [-0.2, 0) is 11.2 Å². The van der Waals surface area contributed by atoms with Crippen molar-refractivity contribution in [2.45, 2.75) is 39.2 Å². The molecule has 4 nitrogen and oxygen atoms in total. The number of rotatable bonds is 11. The summed E-state index contributed by atoms with van der Waals surface area (Å²) in [6, 6.07) is 8.42. The molecule has 1 aromatic carbocycles. The number of benzene rings is 1. The van der Waals surface area contributed by atoms with Gasteiger partial charge in [0.05, 0.1) is 12.7 Å². The van der Waals surface area contributed by atoms with Crippen LogP contribution in [0.4, 0.5) is 0 Å². The SMILES string of the molecule is CCOc1ccc(CCNCCN(CC)CC2CCCO2)cc1. The molecule has 23 heavy (non-hydrogen) atoms. The largest absolute Gasteiger partial charge is 0.494 e. The Morgan fingerprint density at radius 3 is 2.70 bits per heavy atom. The van der Waals surface area contributed by atoms with E-state index in [2.05, 4.69) is 41.4 Å². The molecule has 4 heteroatoms. The van der Waals surface area contributed by atoms with E-state index in [0.29, 0.717) is 6.10 Å². The van der Waals surface area contributed by atoms with Gasteiger partial charge in [0, 0.05) is 26.2 Å². The van der Waals surface area contributed by atoms with E-state index in [1.165, 1.54) is 18.4 Å². The summed E-state index contributed by atoms with van der Waals surface area (Å²) in [7, 11) is 0. The molecule has 1 atom stereocenters. The van der Waals surface area contributed by atoms with Crippen molar-refractivity contribution in [3.05, 3.63) is 29.8 Å². The van der Waals surface area contributed by atoms with Gasteiger partial charge in [0.2, 0.25) is 0 Å². The van der Waals surface area contributed by atoms with Crippen LogP contribution in [0.1, 0.15) is 32.3 Å². The van der Waals surface area contributed by atoms with Gasteiger partial charge in [-0.25, -0.2) is 0 Å². The van der Waals surface area contributed by atoms with Crippen LogP contribution in [0.3, 0.4) is 0 Å². The van der Waals surface area contributed by atoms with Crippen LogP contribution < -0.4 is 10.1 Å². The molecule has 1 N–H and O–H groups in total. The van der Waals surface area contributed by atoms with Crippen LogP contribution in [0.25, 0.3) is 0 Å². The predicted molar refractivity (Wildman–Crippen MR) is 95.3 cm³/mol. The predicted octanol–water partition coefficient (Wildman–Crippen LogP) is 2.72. The number of hydrogen-bond acceptors (Lipinski definition) is 4. The maximum absolute atomic E-state index is 5.73. The number of nitrogens with one attached hydrogen (secondary N) is 1. The Kier molecular flexibility index (Phi) is 8.43. The second-order valence-corrected chi connectivity index (χ2v) is 6.11. The number of nitrogens with zero attached hydrogens (tertiary/aromatic N) is 1. The van der Waals surface area contributed by atoms with Crippen LogP contribution in [0, 0.1) is 0 Å². The van der Waals surface area contributed by atoms with E-state index in [1.807, 2.05) is 6.92 Å². The van der Waals surface area contributed by atoms with Crippen LogP contribution in [-0.4, -0.2) is 56.9 Å². The molecule has 0 saturated carbocycles. The zero-order chi connectivity index (χ0) is 16.3. The zero-order valence-corrected chi connectivity index (χ0v) is 14.7. The normalized spacial score (nSPS) is 17.8. The van der Waals surface area contributed by atoms with Crippen molar-refractivity contribution in [1.29, 1.82) is 0 Å². The molecule has 0 spiro atoms. The first-order valence-corrected chi connectivity index (χ1v) is 9.08. The molecule has 0 aromatic heterocycles. The third kappa shape index (κ3) is 6.90. The molecular formula is C19H32N2O2. The molecule has 0 amide bonds. The fourth-order valence-corrected chi connectivity index (χ4v) is 2.97. The second kappa shape index (κ2) is 10.6. The molecule has 1 unspecified atom stereocenters. The summed E-state index contributed by atoms with van der Waals surface area (Å²) in [5, 5.41) is 3.55. The summed E-state index contributed by atoms with van der Waals surface area (Å²) < 4.78 is 11.2. The van der Waals surface area contributed by atoms with Gasteiger partial charge in [0.25, 0.3) is 0 Å². The number of hydrogen-bond donors (Lipinski definition) is 1. The van der Waals surface area contributed by atoms with Crippen molar-refractivity contribution < 1.29 is 9.47 Å². The van der Waals surface area contributed by atoms with Crippen LogP contribution in [0.5, 0.6) is 5.75 Å². The average Bonchev–Trinajstić information content (AvgIpc) is 3.08. The minimum absolute atomic E-state index is 0.457. The van der Waals surface area contributed by atoms with Crippen molar-refractivity contribution in [3.63, 3.8) is 0 Å². The van der Waals surface area contributed by atoms with Gasteiger partial charge in [0.15, 0.2) is 0 Å². The highest BCUT2D eigenvalue weighted by Crippen LogP contribution is 2.13. The highest BCUT2D eigenvalue weighted by Gasteiger charge is 2.17. The van der Waals surface area contributed by atoms with Gasteiger partial charge in [-0.15, -0.1) is 0 Å². The lowest BCUT2D eigenvalue weighted by atomic mass is 10.1. The van der Waals surface area contributed by atoms with E-state index < -0.39 is 0 Å². The fourth-order valence-electron chi connectivity index (χ4n) is 2.97. The quantitative estimate of drug-likeness (QED) is 0.636. The summed E-state index contributed by atoms with van der Waals surface area (Å²) >= 11 is 0. The Hall–Kier alpha value is -1.10. The standard InChI is InChI=1S/C19H32N2O2/c1-3-21(16-19-6-5-15-23-19)14-13-20-12-11-17-7-9-18(10-8-17)22-4-2/h7-10,19-20H,3-6,11-16H2,1-2H3. The lowest BCUT2D eigenvalue weighted by molar-refractivity contribution is 0.0752. The van der Waals surface area contributed by atoms with E-state index in [4.69, 9.17) is 9.47 Å². The molecule has 0 radical (unpaired) electrons. The third-order valence-corrected chi connectivity index (χ3v) is 4.36. The monoisotopic (exact) mass is 320 g/mol. The Bertz CT molecular complexity index is 416. The molecular weight excluding hydrogens is 288 g/mol. The molecule has 1 fully saturated rings. The summed E-state index contributed by atoms with van der Waals surface area (Å²) in [6.07, 6.45) is 3.97. The lowest BCUT2D eigenvalue weighted by Crippen LogP contribution is -2.37. The molecule has 130 valence electrons. The maximum atomic E-state index is 5.73. The van der Waals surface area contributed by atoms with E-state index in [1.54, 1.807) is 0 Å². The van der Waals surface area contributed by atoms with Gasteiger partial charge in [0.1, 0.15) is 5.75 Å². The first-order valence-electron chi connectivity index (χ1n) is 9.08. The van der Waals surface area contributed by atoms with Crippen molar-refractivity contribution in [1.82, 2.24) is 10.2 Å².